The van der Waals surface area contributed by atoms with Crippen molar-refractivity contribution in [3.05, 3.63) is 52.6 Å². The predicted octanol–water partition coefficient (Wildman–Crippen LogP) is 2.84. The Morgan fingerprint density at radius 3 is 2.48 bits per heavy atom. The lowest BCUT2D eigenvalue weighted by atomic mass is 10.1. The Labute approximate surface area is 122 Å². The van der Waals surface area contributed by atoms with Crippen LogP contribution in [-0.2, 0) is 0 Å². The summed E-state index contributed by atoms with van der Waals surface area (Å²) in [6.45, 7) is 3.56. The molecule has 21 heavy (non-hydrogen) atoms. The lowest BCUT2D eigenvalue weighted by Crippen LogP contribution is -2.35. The summed E-state index contributed by atoms with van der Waals surface area (Å²) in [6, 6.07) is 12.0. The van der Waals surface area contributed by atoms with E-state index in [4.69, 9.17) is 0 Å². The van der Waals surface area contributed by atoms with Crippen molar-refractivity contribution in [2.24, 2.45) is 0 Å². The third-order valence-electron chi connectivity index (χ3n) is 2.98. The second-order valence-electron chi connectivity index (χ2n) is 5.35. The van der Waals surface area contributed by atoms with Gasteiger partial charge in [0.15, 0.2) is 5.69 Å². The monoisotopic (exact) mass is 287 g/mol. The maximum absolute atomic E-state index is 11.2. The first-order valence-electron chi connectivity index (χ1n) is 6.53. The second-order valence-corrected chi connectivity index (χ2v) is 5.35. The molecule has 0 aliphatic carbocycles. The van der Waals surface area contributed by atoms with Crippen molar-refractivity contribution in [3.8, 4) is 11.3 Å². The largest absolute Gasteiger partial charge is 0.394 e. The normalized spacial score (nSPS) is 11.2. The third-order valence-corrected chi connectivity index (χ3v) is 2.98. The zero-order valence-electron chi connectivity index (χ0n) is 11.9. The van der Waals surface area contributed by atoms with E-state index in [0.29, 0.717) is 17.1 Å². The average molecular weight is 287 g/mol. The molecule has 0 saturated carbocycles. The molecule has 0 aliphatic heterocycles. The number of pyridine rings is 1. The van der Waals surface area contributed by atoms with E-state index < -0.39 is 10.5 Å². The van der Waals surface area contributed by atoms with Gasteiger partial charge < -0.3 is 10.4 Å². The molecule has 1 aromatic carbocycles. The van der Waals surface area contributed by atoms with Gasteiger partial charge in [-0.1, -0.05) is 30.3 Å². The summed E-state index contributed by atoms with van der Waals surface area (Å²) in [5, 5.41) is 23.5. The Morgan fingerprint density at radius 2 is 1.90 bits per heavy atom. The lowest BCUT2D eigenvalue weighted by Gasteiger charge is -2.24. The topological polar surface area (TPSA) is 88.3 Å². The Balaban J connectivity index is 2.48. The van der Waals surface area contributed by atoms with Crippen LogP contribution < -0.4 is 5.32 Å². The molecule has 2 N–H and O–H groups in total. The summed E-state index contributed by atoms with van der Waals surface area (Å²) in [5.74, 6) is 0.485. The molecule has 0 aliphatic rings. The van der Waals surface area contributed by atoms with Crippen LogP contribution in [0.2, 0.25) is 0 Å². The minimum Gasteiger partial charge on any atom is -0.394 e. The quantitative estimate of drug-likeness (QED) is 0.652. The highest BCUT2D eigenvalue weighted by atomic mass is 16.6. The summed E-state index contributed by atoms with van der Waals surface area (Å²) in [5.41, 5.74) is 0.374. The number of nitrogens with one attached hydrogen (secondary N) is 1. The van der Waals surface area contributed by atoms with E-state index in [2.05, 4.69) is 10.3 Å². The van der Waals surface area contributed by atoms with Crippen LogP contribution in [0.15, 0.2) is 42.5 Å². The second kappa shape index (κ2) is 5.88. The van der Waals surface area contributed by atoms with E-state index in [1.165, 1.54) is 6.07 Å². The SMILES string of the molecule is CC(C)(CO)Nc1ccc([N+](=O)[O-])c(-c2ccccc2)n1. The van der Waals surface area contributed by atoms with Gasteiger partial charge in [-0.15, -0.1) is 0 Å². The number of benzene rings is 1. The minimum atomic E-state index is -0.558. The summed E-state index contributed by atoms with van der Waals surface area (Å²) >= 11 is 0. The van der Waals surface area contributed by atoms with Gasteiger partial charge in [0.05, 0.1) is 17.1 Å². The van der Waals surface area contributed by atoms with Gasteiger partial charge in [0.25, 0.3) is 5.69 Å². The van der Waals surface area contributed by atoms with Crippen LogP contribution in [0.25, 0.3) is 11.3 Å². The number of nitro groups is 1. The highest BCUT2D eigenvalue weighted by molar-refractivity contribution is 5.71. The van der Waals surface area contributed by atoms with E-state index in [9.17, 15) is 15.2 Å². The van der Waals surface area contributed by atoms with Crippen molar-refractivity contribution in [3.63, 3.8) is 0 Å². The molecular weight excluding hydrogens is 270 g/mol. The lowest BCUT2D eigenvalue weighted by molar-refractivity contribution is -0.384. The number of aromatic nitrogens is 1. The smallest absolute Gasteiger partial charge is 0.295 e. The van der Waals surface area contributed by atoms with Crippen molar-refractivity contribution in [1.29, 1.82) is 0 Å². The van der Waals surface area contributed by atoms with Crippen molar-refractivity contribution in [1.82, 2.24) is 4.98 Å². The van der Waals surface area contributed by atoms with Crippen molar-refractivity contribution >= 4 is 11.5 Å². The Bertz CT molecular complexity index is 642. The molecule has 1 heterocycles. The van der Waals surface area contributed by atoms with Crippen LogP contribution in [0.1, 0.15) is 13.8 Å². The molecule has 0 bridgehead atoms. The maximum atomic E-state index is 11.2. The fourth-order valence-corrected chi connectivity index (χ4v) is 1.86. The van der Waals surface area contributed by atoms with Crippen molar-refractivity contribution in [2.75, 3.05) is 11.9 Å². The summed E-state index contributed by atoms with van der Waals surface area (Å²) in [6.07, 6.45) is 0. The van der Waals surface area contributed by atoms with E-state index in [0.717, 1.165) is 0 Å². The van der Waals surface area contributed by atoms with Crippen LogP contribution in [-0.4, -0.2) is 27.2 Å². The molecule has 0 fully saturated rings. The Morgan fingerprint density at radius 1 is 1.24 bits per heavy atom. The number of nitrogens with zero attached hydrogens (tertiary/aromatic N) is 2. The fraction of sp³-hybridized carbons (Fsp3) is 0.267. The van der Waals surface area contributed by atoms with E-state index >= 15 is 0 Å². The van der Waals surface area contributed by atoms with Gasteiger partial charge in [-0.25, -0.2) is 4.98 Å². The highest BCUT2D eigenvalue weighted by Crippen LogP contribution is 2.29. The van der Waals surface area contributed by atoms with E-state index in [-0.39, 0.29) is 12.3 Å². The summed E-state index contributed by atoms with van der Waals surface area (Å²) in [7, 11) is 0. The molecule has 0 radical (unpaired) electrons. The van der Waals surface area contributed by atoms with Crippen LogP contribution in [0, 0.1) is 10.1 Å². The first kappa shape index (κ1) is 14.9. The maximum Gasteiger partial charge on any atom is 0.295 e. The van der Waals surface area contributed by atoms with Crippen molar-refractivity contribution in [2.45, 2.75) is 19.4 Å². The first-order chi connectivity index (χ1) is 9.93. The zero-order chi connectivity index (χ0) is 15.5. The third kappa shape index (κ3) is 3.55. The molecule has 0 spiro atoms. The number of aliphatic hydroxyl groups excluding tert-OH is 1. The number of anilines is 1. The van der Waals surface area contributed by atoms with E-state index in [1.807, 2.05) is 19.9 Å². The van der Waals surface area contributed by atoms with Crippen LogP contribution in [0.4, 0.5) is 11.5 Å². The molecule has 6 heteroatoms. The molecule has 1 aromatic heterocycles. The van der Waals surface area contributed by atoms with Crippen LogP contribution >= 0.6 is 0 Å². The average Bonchev–Trinajstić information content (AvgIpc) is 2.47. The predicted molar refractivity (Wildman–Crippen MR) is 81.1 cm³/mol. The Hall–Kier alpha value is -2.47. The van der Waals surface area contributed by atoms with Gasteiger partial charge in [-0.05, 0) is 19.9 Å². The van der Waals surface area contributed by atoms with Gasteiger partial charge in [-0.2, -0.15) is 0 Å². The van der Waals surface area contributed by atoms with Gasteiger partial charge in [0, 0.05) is 11.6 Å². The number of aliphatic hydroxyl groups is 1. The zero-order valence-corrected chi connectivity index (χ0v) is 11.9. The summed E-state index contributed by atoms with van der Waals surface area (Å²) in [4.78, 5) is 15.0. The van der Waals surface area contributed by atoms with E-state index in [1.54, 1.807) is 30.3 Å². The molecule has 110 valence electrons. The number of rotatable bonds is 5. The fourth-order valence-electron chi connectivity index (χ4n) is 1.86. The molecule has 2 rings (SSSR count). The molecule has 2 aromatic rings. The molecule has 6 nitrogen and oxygen atoms in total. The van der Waals surface area contributed by atoms with Crippen LogP contribution in [0.3, 0.4) is 0 Å². The highest BCUT2D eigenvalue weighted by Gasteiger charge is 2.21. The van der Waals surface area contributed by atoms with Gasteiger partial charge >= 0.3 is 0 Å². The Kier molecular flexibility index (Phi) is 4.18. The molecule has 0 unspecified atom stereocenters. The van der Waals surface area contributed by atoms with Gasteiger partial charge in [0.1, 0.15) is 5.82 Å². The molecule has 0 atom stereocenters. The number of hydrogen-bond acceptors (Lipinski definition) is 5. The van der Waals surface area contributed by atoms with Crippen LogP contribution in [0.5, 0.6) is 0 Å². The van der Waals surface area contributed by atoms with Crippen molar-refractivity contribution < 1.29 is 10.0 Å². The van der Waals surface area contributed by atoms with Gasteiger partial charge in [-0.3, -0.25) is 10.1 Å². The molecule has 0 saturated heterocycles. The molecular formula is C15H17N3O3. The number of hydrogen-bond donors (Lipinski definition) is 2. The van der Waals surface area contributed by atoms with Gasteiger partial charge in [0.2, 0.25) is 0 Å². The first-order valence-corrected chi connectivity index (χ1v) is 6.53. The summed E-state index contributed by atoms with van der Waals surface area (Å²) < 4.78 is 0. The standard InChI is InChI=1S/C15H17N3O3/c1-15(2,10-19)17-13-9-8-12(18(20)21)14(16-13)11-6-4-3-5-7-11/h3-9,19H,10H2,1-2H3,(H,16,17). The molecule has 0 amide bonds. The minimum absolute atomic E-state index is 0.0476.